The molecule has 0 amide bonds. The average molecular weight is 841 g/mol. The third kappa shape index (κ3) is 64.1. The van der Waals surface area contributed by atoms with E-state index in [0.717, 1.165) is 38.5 Å². The molecular weight excluding hydrogens is 766 g/mol. The van der Waals surface area contributed by atoms with Gasteiger partial charge in [0.2, 0.25) is 0 Å². The molecule has 0 aliphatic rings. The molecule has 271 valence electrons. The first kappa shape index (κ1) is 54.3. The molecule has 0 bridgehead atoms. The van der Waals surface area contributed by atoms with Crippen molar-refractivity contribution in [2.45, 2.75) is 213 Å². The number of hydrogen-bond acceptors (Lipinski definition) is 6. The molecule has 0 aromatic carbocycles. The van der Waals surface area contributed by atoms with Gasteiger partial charge in [0.1, 0.15) is 18.5 Å². The summed E-state index contributed by atoms with van der Waals surface area (Å²) < 4.78 is 30.8. The van der Waals surface area contributed by atoms with Gasteiger partial charge in [-0.25, -0.2) is 0 Å². The van der Waals surface area contributed by atoms with E-state index in [4.69, 9.17) is 0 Å². The molecule has 0 rings (SSSR count). The number of unbranched alkanes of at least 4 members (excludes halogenated alkanes) is 27. The van der Waals surface area contributed by atoms with E-state index >= 15 is 0 Å². The van der Waals surface area contributed by atoms with E-state index in [1.165, 1.54) is 154 Å². The summed E-state index contributed by atoms with van der Waals surface area (Å²) in [7, 11) is -6.41. The zero-order valence-electron chi connectivity index (χ0n) is 30.6. The standard InChI is InChI=1S/3C12H25O2P.Nd/c3*1-2-3-4-5-6-7-8-9-10-11-12-15(13)14;/h3*2-12H2,1H3;/q;;;+3. The van der Waals surface area contributed by atoms with Crippen molar-refractivity contribution in [3.63, 3.8) is 0 Å². The first-order chi connectivity index (χ1) is 21.8. The van der Waals surface area contributed by atoms with Gasteiger partial charge < -0.3 is 14.7 Å². The van der Waals surface area contributed by atoms with Crippen LogP contribution in [0.3, 0.4) is 0 Å². The molecular formula is C36H75NdO6P3+3. The molecule has 0 saturated carbocycles. The minimum atomic E-state index is -2.14. The summed E-state index contributed by atoms with van der Waals surface area (Å²) in [6, 6.07) is 0. The van der Waals surface area contributed by atoms with Crippen LogP contribution in [0.5, 0.6) is 0 Å². The van der Waals surface area contributed by atoms with Gasteiger partial charge in [0.05, 0.1) is 0 Å². The Morgan fingerprint density at radius 1 is 0.283 bits per heavy atom. The summed E-state index contributed by atoms with van der Waals surface area (Å²) in [4.78, 5) is 30.8. The first-order valence-electron chi connectivity index (χ1n) is 19.2. The van der Waals surface area contributed by atoms with Crippen LogP contribution >= 0.6 is 24.1 Å². The summed E-state index contributed by atoms with van der Waals surface area (Å²) in [5.41, 5.74) is 0. The predicted molar refractivity (Wildman–Crippen MR) is 193 cm³/mol. The van der Waals surface area contributed by atoms with Gasteiger partial charge in [0.25, 0.3) is 0 Å². The topological polar surface area (TPSA) is 120 Å². The van der Waals surface area contributed by atoms with Crippen LogP contribution in [-0.2, 0) is 13.7 Å². The van der Waals surface area contributed by atoms with Gasteiger partial charge >= 0.3 is 64.9 Å². The Morgan fingerprint density at radius 2 is 0.413 bits per heavy atom. The van der Waals surface area contributed by atoms with Crippen LogP contribution in [0.25, 0.3) is 0 Å². The van der Waals surface area contributed by atoms with E-state index in [1.54, 1.807) is 0 Å². The predicted octanol–water partition coefficient (Wildman–Crippen LogP) is 12.0. The molecule has 46 heavy (non-hydrogen) atoms. The van der Waals surface area contributed by atoms with Crippen molar-refractivity contribution < 1.29 is 69.2 Å². The smallest absolute Gasteiger partial charge is 0.596 e. The van der Waals surface area contributed by atoms with Crippen LogP contribution in [0.1, 0.15) is 213 Å². The minimum Gasteiger partial charge on any atom is -0.596 e. The van der Waals surface area contributed by atoms with E-state index in [1.807, 2.05) is 0 Å². The van der Waals surface area contributed by atoms with Crippen molar-refractivity contribution in [2.24, 2.45) is 0 Å². The molecule has 0 aliphatic carbocycles. The minimum absolute atomic E-state index is 0. The third-order valence-electron chi connectivity index (χ3n) is 8.08. The SMILES string of the molecule is CCCCCCCCCCCC[P+](=O)[O-].CCCCCCCCCCCC[P+](=O)[O-].CCCCCCCCCCCC[P+](=O)[O-].[Nd+3]. The second-order valence-corrected chi connectivity index (χ2v) is 16.1. The van der Waals surface area contributed by atoms with Crippen LogP contribution in [0.2, 0.25) is 0 Å². The van der Waals surface area contributed by atoms with Gasteiger partial charge in [0, 0.05) is 0 Å². The van der Waals surface area contributed by atoms with Crippen LogP contribution in [0.15, 0.2) is 0 Å². The summed E-state index contributed by atoms with van der Waals surface area (Å²) >= 11 is 0. The number of rotatable bonds is 33. The van der Waals surface area contributed by atoms with Gasteiger partial charge in [-0.1, -0.05) is 189 Å². The molecule has 0 N–H and O–H groups in total. The Morgan fingerprint density at radius 3 is 0.543 bits per heavy atom. The Hall–Kier alpha value is 1.53. The van der Waals surface area contributed by atoms with Crippen LogP contribution in [0, 0.1) is 40.8 Å². The molecule has 10 heteroatoms. The second kappa shape index (κ2) is 50.9. The van der Waals surface area contributed by atoms with Gasteiger partial charge in [-0.05, 0) is 38.5 Å². The van der Waals surface area contributed by atoms with Crippen molar-refractivity contribution in [2.75, 3.05) is 18.5 Å². The van der Waals surface area contributed by atoms with Crippen molar-refractivity contribution in [3.8, 4) is 0 Å². The summed E-state index contributed by atoms with van der Waals surface area (Å²) in [5, 5.41) is 0. The molecule has 3 atom stereocenters. The molecule has 1 radical (unpaired) electrons. The van der Waals surface area contributed by atoms with Crippen molar-refractivity contribution >= 4 is 24.1 Å². The van der Waals surface area contributed by atoms with Crippen LogP contribution < -0.4 is 14.7 Å². The van der Waals surface area contributed by atoms with E-state index in [2.05, 4.69) is 20.8 Å². The molecule has 0 spiro atoms. The van der Waals surface area contributed by atoms with Crippen molar-refractivity contribution in [3.05, 3.63) is 0 Å². The van der Waals surface area contributed by atoms with Crippen LogP contribution in [-0.4, -0.2) is 18.5 Å². The Balaban J connectivity index is -0.000000285. The second-order valence-electron chi connectivity index (χ2n) is 12.7. The number of hydrogen-bond donors (Lipinski definition) is 0. The molecule has 0 aliphatic heterocycles. The Bertz CT molecular complexity index is 533. The van der Waals surface area contributed by atoms with Gasteiger partial charge in [0.15, 0.2) is 0 Å². The van der Waals surface area contributed by atoms with Crippen molar-refractivity contribution in [1.29, 1.82) is 0 Å². The molecule has 3 unspecified atom stereocenters. The fourth-order valence-electron chi connectivity index (χ4n) is 5.19. The van der Waals surface area contributed by atoms with Gasteiger partial charge in [-0.15, -0.1) is 0 Å². The maximum absolute atomic E-state index is 10.3. The zero-order valence-corrected chi connectivity index (χ0v) is 36.5. The van der Waals surface area contributed by atoms with E-state index in [9.17, 15) is 28.4 Å². The summed E-state index contributed by atoms with van der Waals surface area (Å²) in [6.07, 6.45) is 38.8. The monoisotopic (exact) mass is 838 g/mol. The average Bonchev–Trinajstić information content (AvgIpc) is 3.00. The van der Waals surface area contributed by atoms with Gasteiger partial charge in [-0.3, -0.25) is 0 Å². The fourth-order valence-corrected chi connectivity index (χ4v) is 6.63. The van der Waals surface area contributed by atoms with Gasteiger partial charge in [-0.2, -0.15) is 0 Å². The Labute approximate surface area is 322 Å². The Kier molecular flexibility index (Phi) is 60.1. The zero-order chi connectivity index (χ0) is 34.1. The first-order valence-corrected chi connectivity index (χ1v) is 23.3. The largest absolute Gasteiger partial charge is 3.00 e. The molecule has 0 aromatic heterocycles. The van der Waals surface area contributed by atoms with Crippen molar-refractivity contribution in [1.82, 2.24) is 0 Å². The van der Waals surface area contributed by atoms with E-state index < -0.39 is 24.1 Å². The quantitative estimate of drug-likeness (QED) is 0.0479. The van der Waals surface area contributed by atoms with E-state index in [0.29, 0.717) is 18.5 Å². The molecule has 0 fully saturated rings. The van der Waals surface area contributed by atoms with Crippen LogP contribution in [0.4, 0.5) is 0 Å². The fraction of sp³-hybridized carbons (Fsp3) is 1.00. The molecule has 0 aromatic rings. The summed E-state index contributed by atoms with van der Waals surface area (Å²) in [5.74, 6) is 0. The van der Waals surface area contributed by atoms with E-state index in [-0.39, 0.29) is 40.8 Å². The molecule has 6 nitrogen and oxygen atoms in total. The molecule has 0 saturated heterocycles. The maximum atomic E-state index is 10.3. The summed E-state index contributed by atoms with van der Waals surface area (Å²) in [6.45, 7) is 6.71. The normalized spacial score (nSPS) is 11.5. The molecule has 0 heterocycles. The maximum Gasteiger partial charge on any atom is 3.00 e. The third-order valence-corrected chi connectivity index (χ3v) is 10.1.